The van der Waals surface area contributed by atoms with Gasteiger partial charge in [0, 0.05) is 48.5 Å². The second-order valence-corrected chi connectivity index (χ2v) is 8.17. The molecule has 0 radical (unpaired) electrons. The van der Waals surface area contributed by atoms with Gasteiger partial charge in [0.25, 0.3) is 11.8 Å². The van der Waals surface area contributed by atoms with Gasteiger partial charge in [-0.1, -0.05) is 22.0 Å². The molecule has 8 heteroatoms. The number of hydrogen-bond donors (Lipinski definition) is 0. The van der Waals surface area contributed by atoms with Crippen molar-refractivity contribution >= 4 is 27.7 Å². The van der Waals surface area contributed by atoms with Crippen LogP contribution in [0.2, 0.25) is 0 Å². The Hall–Kier alpha value is -3.39. The summed E-state index contributed by atoms with van der Waals surface area (Å²) in [5.41, 5.74) is 1.07. The molecule has 4 rings (SSSR count). The van der Waals surface area contributed by atoms with Gasteiger partial charge >= 0.3 is 0 Å². The van der Waals surface area contributed by atoms with Gasteiger partial charge in [0.15, 0.2) is 0 Å². The van der Waals surface area contributed by atoms with Gasteiger partial charge in [0.2, 0.25) is 5.88 Å². The van der Waals surface area contributed by atoms with Crippen LogP contribution in [-0.2, 0) is 0 Å². The molecule has 0 aliphatic carbocycles. The lowest BCUT2D eigenvalue weighted by Crippen LogP contribution is -2.50. The van der Waals surface area contributed by atoms with Crippen LogP contribution in [0.15, 0.2) is 71.3 Å². The van der Waals surface area contributed by atoms with Crippen molar-refractivity contribution in [2.24, 2.45) is 0 Å². The Bertz CT molecular complexity index is 1090. The first-order chi connectivity index (χ1) is 15.5. The lowest BCUT2D eigenvalue weighted by Gasteiger charge is -2.34. The number of amides is 2. The number of carbonyl (C=O) groups is 2. The van der Waals surface area contributed by atoms with Crippen LogP contribution in [0.4, 0.5) is 0 Å². The Morgan fingerprint density at radius 1 is 0.844 bits per heavy atom. The summed E-state index contributed by atoms with van der Waals surface area (Å²) in [6.45, 7) is 1.87. The topological polar surface area (TPSA) is 72.0 Å². The summed E-state index contributed by atoms with van der Waals surface area (Å²) in [7, 11) is 1.57. The highest BCUT2D eigenvalue weighted by molar-refractivity contribution is 9.10. The van der Waals surface area contributed by atoms with Crippen LogP contribution < -0.4 is 9.47 Å². The minimum Gasteiger partial charge on any atom is -0.497 e. The SMILES string of the molecule is COc1cccc(C(=O)N2CCN(C(=O)c3ccc(Oc4ccc(Br)cc4)nc3)CC2)c1. The van der Waals surface area contributed by atoms with Gasteiger partial charge in [-0.2, -0.15) is 0 Å². The average Bonchev–Trinajstić information content (AvgIpc) is 2.85. The molecule has 0 N–H and O–H groups in total. The summed E-state index contributed by atoms with van der Waals surface area (Å²) >= 11 is 3.38. The zero-order valence-corrected chi connectivity index (χ0v) is 19.1. The number of ether oxygens (including phenoxy) is 2. The van der Waals surface area contributed by atoms with E-state index in [2.05, 4.69) is 20.9 Å². The molecule has 2 amide bonds. The summed E-state index contributed by atoms with van der Waals surface area (Å²) in [6, 6.07) is 17.9. The third kappa shape index (κ3) is 5.08. The van der Waals surface area contributed by atoms with Gasteiger partial charge in [0.05, 0.1) is 12.7 Å². The lowest BCUT2D eigenvalue weighted by atomic mass is 10.1. The first-order valence-electron chi connectivity index (χ1n) is 10.2. The van der Waals surface area contributed by atoms with Crippen molar-refractivity contribution in [1.29, 1.82) is 0 Å². The summed E-state index contributed by atoms with van der Waals surface area (Å²) in [6.07, 6.45) is 1.52. The Balaban J connectivity index is 1.33. The molecule has 0 saturated carbocycles. The highest BCUT2D eigenvalue weighted by atomic mass is 79.9. The van der Waals surface area contributed by atoms with E-state index < -0.39 is 0 Å². The van der Waals surface area contributed by atoms with Crippen LogP contribution in [0, 0.1) is 0 Å². The molecule has 1 aliphatic heterocycles. The molecule has 3 aromatic rings. The number of methoxy groups -OCH3 is 1. The maximum Gasteiger partial charge on any atom is 0.255 e. The molecule has 1 aliphatic rings. The van der Waals surface area contributed by atoms with Gasteiger partial charge in [-0.05, 0) is 48.5 Å². The Kier molecular flexibility index (Phi) is 6.70. The van der Waals surface area contributed by atoms with Gasteiger partial charge in [0.1, 0.15) is 11.5 Å². The number of hydrogen-bond acceptors (Lipinski definition) is 5. The smallest absolute Gasteiger partial charge is 0.255 e. The van der Waals surface area contributed by atoms with E-state index in [4.69, 9.17) is 9.47 Å². The van der Waals surface area contributed by atoms with Crippen molar-refractivity contribution in [1.82, 2.24) is 14.8 Å². The Morgan fingerprint density at radius 3 is 2.09 bits per heavy atom. The number of nitrogens with zero attached hydrogens (tertiary/aromatic N) is 3. The van der Waals surface area contributed by atoms with E-state index >= 15 is 0 Å². The van der Waals surface area contributed by atoms with Gasteiger partial charge < -0.3 is 19.3 Å². The molecule has 0 spiro atoms. The first kappa shape index (κ1) is 21.8. The van der Waals surface area contributed by atoms with Crippen LogP contribution in [0.25, 0.3) is 0 Å². The fraction of sp³-hybridized carbons (Fsp3) is 0.208. The van der Waals surface area contributed by atoms with Crippen molar-refractivity contribution in [3.05, 3.63) is 82.5 Å². The van der Waals surface area contributed by atoms with Crippen molar-refractivity contribution < 1.29 is 19.1 Å². The minimum atomic E-state index is -0.110. The maximum atomic E-state index is 12.9. The first-order valence-corrected chi connectivity index (χ1v) is 10.9. The molecule has 0 atom stereocenters. The number of rotatable bonds is 5. The maximum absolute atomic E-state index is 12.9. The second-order valence-electron chi connectivity index (χ2n) is 7.26. The Labute approximate surface area is 194 Å². The number of benzene rings is 2. The molecule has 2 aromatic carbocycles. The molecule has 0 bridgehead atoms. The number of aromatic nitrogens is 1. The number of piperazine rings is 1. The van der Waals surface area contributed by atoms with Crippen LogP contribution in [0.5, 0.6) is 17.4 Å². The van der Waals surface area contributed by atoms with Crippen LogP contribution >= 0.6 is 15.9 Å². The van der Waals surface area contributed by atoms with Gasteiger partial charge in [-0.3, -0.25) is 9.59 Å². The van der Waals surface area contributed by atoms with Gasteiger partial charge in [-0.15, -0.1) is 0 Å². The van der Waals surface area contributed by atoms with Crippen LogP contribution in [0.3, 0.4) is 0 Å². The van der Waals surface area contributed by atoms with Crippen molar-refractivity contribution in [3.8, 4) is 17.4 Å². The van der Waals surface area contributed by atoms with E-state index in [-0.39, 0.29) is 11.8 Å². The predicted octanol–water partition coefficient (Wildman–Crippen LogP) is 4.24. The van der Waals surface area contributed by atoms with E-state index in [1.807, 2.05) is 24.3 Å². The number of pyridine rings is 1. The standard InChI is InChI=1S/C24H22BrN3O4/c1-31-21-4-2-3-17(15-21)23(29)27-11-13-28(14-12-27)24(30)18-5-10-22(26-16-18)32-20-8-6-19(25)7-9-20/h2-10,15-16H,11-14H2,1H3. The molecule has 32 heavy (non-hydrogen) atoms. The summed E-state index contributed by atoms with van der Waals surface area (Å²) in [5.74, 6) is 1.55. The fourth-order valence-electron chi connectivity index (χ4n) is 3.42. The monoisotopic (exact) mass is 495 g/mol. The van der Waals surface area contributed by atoms with E-state index in [0.717, 1.165) is 4.47 Å². The molecule has 164 valence electrons. The van der Waals surface area contributed by atoms with Crippen molar-refractivity contribution in [3.63, 3.8) is 0 Å². The molecule has 0 unspecified atom stereocenters. The average molecular weight is 496 g/mol. The molecular formula is C24H22BrN3O4. The second kappa shape index (κ2) is 9.82. The number of carbonyl (C=O) groups excluding carboxylic acids is 2. The highest BCUT2D eigenvalue weighted by Gasteiger charge is 2.26. The highest BCUT2D eigenvalue weighted by Crippen LogP contribution is 2.22. The van der Waals surface area contributed by atoms with E-state index in [0.29, 0.717) is 54.7 Å². The molecular weight excluding hydrogens is 474 g/mol. The summed E-state index contributed by atoms with van der Waals surface area (Å²) in [5, 5.41) is 0. The molecule has 1 aromatic heterocycles. The Morgan fingerprint density at radius 2 is 1.50 bits per heavy atom. The number of halogens is 1. The molecule has 2 heterocycles. The largest absolute Gasteiger partial charge is 0.497 e. The van der Waals surface area contributed by atoms with E-state index in [9.17, 15) is 9.59 Å². The van der Waals surface area contributed by atoms with Crippen molar-refractivity contribution in [2.45, 2.75) is 0 Å². The van der Waals surface area contributed by atoms with Gasteiger partial charge in [-0.25, -0.2) is 4.98 Å². The minimum absolute atomic E-state index is 0.0629. The third-order valence-electron chi connectivity index (χ3n) is 5.19. The summed E-state index contributed by atoms with van der Waals surface area (Å²) < 4.78 is 11.9. The molecule has 7 nitrogen and oxygen atoms in total. The van der Waals surface area contributed by atoms with Crippen molar-refractivity contribution in [2.75, 3.05) is 33.3 Å². The lowest BCUT2D eigenvalue weighted by molar-refractivity contribution is 0.0535. The molecule has 1 saturated heterocycles. The zero-order valence-electron chi connectivity index (χ0n) is 17.5. The summed E-state index contributed by atoms with van der Waals surface area (Å²) in [4.78, 5) is 33.4. The van der Waals surface area contributed by atoms with E-state index in [1.165, 1.54) is 6.20 Å². The zero-order chi connectivity index (χ0) is 22.5. The fourth-order valence-corrected chi connectivity index (χ4v) is 3.69. The molecule has 1 fully saturated rings. The van der Waals surface area contributed by atoms with Crippen LogP contribution in [-0.4, -0.2) is 59.9 Å². The quantitative estimate of drug-likeness (QED) is 0.529. The predicted molar refractivity (Wildman–Crippen MR) is 123 cm³/mol. The van der Waals surface area contributed by atoms with Crippen LogP contribution in [0.1, 0.15) is 20.7 Å². The third-order valence-corrected chi connectivity index (χ3v) is 5.72. The normalized spacial score (nSPS) is 13.6. The van der Waals surface area contributed by atoms with E-state index in [1.54, 1.807) is 53.3 Å².